The predicted molar refractivity (Wildman–Crippen MR) is 69.2 cm³/mol. The molecule has 0 saturated carbocycles. The van der Waals surface area contributed by atoms with Gasteiger partial charge in [0.25, 0.3) is 0 Å². The van der Waals surface area contributed by atoms with Crippen molar-refractivity contribution in [2.24, 2.45) is 0 Å². The third kappa shape index (κ3) is 3.31. The van der Waals surface area contributed by atoms with Crippen molar-refractivity contribution in [2.75, 3.05) is 19.8 Å². The summed E-state index contributed by atoms with van der Waals surface area (Å²) in [5, 5.41) is 7.87. The molecule has 5 heteroatoms. The molecule has 1 aliphatic heterocycles. The van der Waals surface area contributed by atoms with Gasteiger partial charge in [0.1, 0.15) is 0 Å². The van der Waals surface area contributed by atoms with Gasteiger partial charge in [0.15, 0.2) is 6.29 Å². The molecule has 0 spiro atoms. The Morgan fingerprint density at radius 3 is 2.89 bits per heavy atom. The van der Waals surface area contributed by atoms with Crippen LogP contribution in [0.2, 0.25) is 0 Å². The summed E-state index contributed by atoms with van der Waals surface area (Å²) in [7, 11) is 0. The second-order valence-electron chi connectivity index (χ2n) is 4.50. The van der Waals surface area contributed by atoms with E-state index in [-0.39, 0.29) is 12.3 Å². The monoisotopic (exact) mass is 253 g/mol. The van der Waals surface area contributed by atoms with Crippen molar-refractivity contribution in [3.8, 4) is 0 Å². The first kappa shape index (κ1) is 13.5. The summed E-state index contributed by atoms with van der Waals surface area (Å²) in [5.41, 5.74) is 1.22. The molecule has 0 aromatic carbocycles. The van der Waals surface area contributed by atoms with Gasteiger partial charge >= 0.3 is 0 Å². The molecule has 1 unspecified atom stereocenters. The second kappa shape index (κ2) is 6.87. The van der Waals surface area contributed by atoms with Crippen molar-refractivity contribution in [3.63, 3.8) is 0 Å². The number of aryl methyl sites for hydroxylation is 1. The molecule has 0 radical (unpaired) electrons. The van der Waals surface area contributed by atoms with Crippen LogP contribution in [0.4, 0.5) is 0 Å². The lowest BCUT2D eigenvalue weighted by Gasteiger charge is -2.21. The van der Waals surface area contributed by atoms with Crippen LogP contribution in [0.3, 0.4) is 0 Å². The zero-order chi connectivity index (χ0) is 12.8. The lowest BCUT2D eigenvalue weighted by molar-refractivity contribution is -0.0534. The summed E-state index contributed by atoms with van der Waals surface area (Å²) in [6.45, 7) is 7.57. The van der Waals surface area contributed by atoms with Gasteiger partial charge in [-0.3, -0.25) is 4.68 Å². The van der Waals surface area contributed by atoms with E-state index in [0.29, 0.717) is 13.2 Å². The van der Waals surface area contributed by atoms with Crippen LogP contribution in [0.1, 0.15) is 38.4 Å². The fourth-order valence-electron chi connectivity index (χ4n) is 2.33. The molecule has 1 fully saturated rings. The number of hydrogen-bond acceptors (Lipinski definition) is 4. The van der Waals surface area contributed by atoms with E-state index in [1.807, 2.05) is 6.20 Å². The van der Waals surface area contributed by atoms with E-state index >= 15 is 0 Å². The van der Waals surface area contributed by atoms with Crippen LogP contribution in [0.25, 0.3) is 0 Å². The SMILES string of the molecule is CCCn1nccc1C(CC1OCCO1)NCC. The third-order valence-corrected chi connectivity index (χ3v) is 3.11. The van der Waals surface area contributed by atoms with Crippen molar-refractivity contribution in [1.82, 2.24) is 15.1 Å². The van der Waals surface area contributed by atoms with Gasteiger partial charge < -0.3 is 14.8 Å². The van der Waals surface area contributed by atoms with Crippen LogP contribution in [-0.2, 0) is 16.0 Å². The average Bonchev–Trinajstić information content (AvgIpc) is 3.00. The quantitative estimate of drug-likeness (QED) is 0.803. The lowest BCUT2D eigenvalue weighted by Crippen LogP contribution is -2.28. The average molecular weight is 253 g/mol. The molecule has 1 saturated heterocycles. The minimum Gasteiger partial charge on any atom is -0.350 e. The van der Waals surface area contributed by atoms with E-state index in [1.165, 1.54) is 5.69 Å². The maximum atomic E-state index is 5.54. The highest BCUT2D eigenvalue weighted by molar-refractivity contribution is 5.07. The molecule has 102 valence electrons. The fraction of sp³-hybridized carbons (Fsp3) is 0.769. The number of rotatable bonds is 7. The van der Waals surface area contributed by atoms with Crippen molar-refractivity contribution in [1.29, 1.82) is 0 Å². The maximum absolute atomic E-state index is 5.54. The second-order valence-corrected chi connectivity index (χ2v) is 4.50. The minimum absolute atomic E-state index is 0.0842. The number of nitrogens with zero attached hydrogens (tertiary/aromatic N) is 2. The van der Waals surface area contributed by atoms with Crippen LogP contribution >= 0.6 is 0 Å². The molecule has 2 rings (SSSR count). The fourth-order valence-corrected chi connectivity index (χ4v) is 2.33. The Bertz CT molecular complexity index is 348. The molecular weight excluding hydrogens is 230 g/mol. The zero-order valence-electron chi connectivity index (χ0n) is 11.3. The van der Waals surface area contributed by atoms with E-state index in [9.17, 15) is 0 Å². The Balaban J connectivity index is 2.04. The summed E-state index contributed by atoms with van der Waals surface area (Å²) in [6, 6.07) is 2.32. The Labute approximate surface area is 108 Å². The number of hydrogen-bond donors (Lipinski definition) is 1. The molecule has 1 N–H and O–H groups in total. The van der Waals surface area contributed by atoms with Gasteiger partial charge in [0.05, 0.1) is 24.9 Å². The molecule has 1 atom stereocenters. The van der Waals surface area contributed by atoms with Crippen LogP contribution in [0.5, 0.6) is 0 Å². The van der Waals surface area contributed by atoms with Gasteiger partial charge in [-0.2, -0.15) is 5.10 Å². The molecule has 1 aromatic rings. The van der Waals surface area contributed by atoms with Crippen LogP contribution in [-0.4, -0.2) is 35.8 Å². The smallest absolute Gasteiger partial charge is 0.159 e. The zero-order valence-corrected chi connectivity index (χ0v) is 11.3. The largest absolute Gasteiger partial charge is 0.350 e. The molecule has 1 aromatic heterocycles. The molecule has 5 nitrogen and oxygen atoms in total. The third-order valence-electron chi connectivity index (χ3n) is 3.11. The summed E-state index contributed by atoms with van der Waals surface area (Å²) in [6.07, 6.45) is 3.71. The number of nitrogens with one attached hydrogen (secondary N) is 1. The van der Waals surface area contributed by atoms with E-state index in [2.05, 4.69) is 35.0 Å². The number of aromatic nitrogens is 2. The van der Waals surface area contributed by atoms with Gasteiger partial charge in [-0.05, 0) is 19.0 Å². The van der Waals surface area contributed by atoms with Gasteiger partial charge in [0.2, 0.25) is 0 Å². The van der Waals surface area contributed by atoms with E-state index < -0.39 is 0 Å². The van der Waals surface area contributed by atoms with Crippen LogP contribution < -0.4 is 5.32 Å². The van der Waals surface area contributed by atoms with Crippen molar-refractivity contribution >= 4 is 0 Å². The highest BCUT2D eigenvalue weighted by Gasteiger charge is 2.24. The summed E-state index contributed by atoms with van der Waals surface area (Å²) in [5.74, 6) is 0. The lowest BCUT2D eigenvalue weighted by atomic mass is 10.1. The molecule has 0 amide bonds. The molecular formula is C13H23N3O2. The van der Waals surface area contributed by atoms with Gasteiger partial charge in [0, 0.05) is 19.2 Å². The maximum Gasteiger partial charge on any atom is 0.159 e. The van der Waals surface area contributed by atoms with E-state index in [0.717, 1.165) is 25.9 Å². The predicted octanol–water partition coefficient (Wildman–Crippen LogP) is 1.71. The van der Waals surface area contributed by atoms with E-state index in [1.54, 1.807) is 0 Å². The van der Waals surface area contributed by atoms with Gasteiger partial charge in [-0.15, -0.1) is 0 Å². The molecule has 2 heterocycles. The van der Waals surface area contributed by atoms with E-state index in [4.69, 9.17) is 9.47 Å². The first-order valence-corrected chi connectivity index (χ1v) is 6.83. The Morgan fingerprint density at radius 1 is 1.44 bits per heavy atom. The first-order valence-electron chi connectivity index (χ1n) is 6.83. The van der Waals surface area contributed by atoms with Crippen LogP contribution in [0, 0.1) is 0 Å². The van der Waals surface area contributed by atoms with Crippen molar-refractivity contribution in [3.05, 3.63) is 18.0 Å². The summed E-state index contributed by atoms with van der Waals surface area (Å²) < 4.78 is 13.1. The Kier molecular flexibility index (Phi) is 5.16. The van der Waals surface area contributed by atoms with Crippen molar-refractivity contribution < 1.29 is 9.47 Å². The summed E-state index contributed by atoms with van der Waals surface area (Å²) in [4.78, 5) is 0. The van der Waals surface area contributed by atoms with Crippen molar-refractivity contribution in [2.45, 2.75) is 45.6 Å². The first-order chi connectivity index (χ1) is 8.85. The summed E-state index contributed by atoms with van der Waals surface area (Å²) >= 11 is 0. The Morgan fingerprint density at radius 2 is 2.22 bits per heavy atom. The van der Waals surface area contributed by atoms with Crippen LogP contribution in [0.15, 0.2) is 12.3 Å². The normalized spacial score (nSPS) is 18.3. The molecule has 18 heavy (non-hydrogen) atoms. The molecule has 0 aliphatic carbocycles. The highest BCUT2D eigenvalue weighted by atomic mass is 16.7. The van der Waals surface area contributed by atoms with Gasteiger partial charge in [-0.1, -0.05) is 13.8 Å². The standard InChI is InChI=1S/C13H23N3O2/c1-3-7-16-12(5-6-15-16)11(14-4-2)10-13-17-8-9-18-13/h5-6,11,13-14H,3-4,7-10H2,1-2H3. The minimum atomic E-state index is -0.0842. The molecule has 1 aliphatic rings. The highest BCUT2D eigenvalue weighted by Crippen LogP contribution is 2.22. The van der Waals surface area contributed by atoms with Gasteiger partial charge in [-0.25, -0.2) is 0 Å². The molecule has 0 bridgehead atoms. The number of ether oxygens (including phenoxy) is 2. The Hall–Kier alpha value is -0.910. The topological polar surface area (TPSA) is 48.3 Å².